The van der Waals surface area contributed by atoms with Crippen molar-refractivity contribution in [2.24, 2.45) is 0 Å². The zero-order valence-corrected chi connectivity index (χ0v) is 17.9. The molecule has 172 valence electrons. The highest BCUT2D eigenvalue weighted by Crippen LogP contribution is 2.39. The van der Waals surface area contributed by atoms with E-state index in [1.165, 1.54) is 6.20 Å². The molecule has 11 heteroatoms. The number of halogens is 2. The highest BCUT2D eigenvalue weighted by atomic mass is 19.3. The lowest BCUT2D eigenvalue weighted by atomic mass is 9.87. The topological polar surface area (TPSA) is 102 Å². The average Bonchev–Trinajstić information content (AvgIpc) is 3.37. The lowest BCUT2D eigenvalue weighted by Crippen LogP contribution is -2.54. The molecule has 0 amide bonds. The lowest BCUT2D eigenvalue weighted by Gasteiger charge is -2.38. The molecule has 2 aliphatic rings. The van der Waals surface area contributed by atoms with E-state index >= 15 is 0 Å². The molecule has 0 spiro atoms. The van der Waals surface area contributed by atoms with Gasteiger partial charge in [0.25, 0.3) is 5.92 Å². The van der Waals surface area contributed by atoms with Gasteiger partial charge >= 0.3 is 0 Å². The number of nitrogens with zero attached hydrogens (tertiary/aromatic N) is 5. The summed E-state index contributed by atoms with van der Waals surface area (Å²) in [5.41, 5.74) is 3.11. The summed E-state index contributed by atoms with van der Waals surface area (Å²) in [6.07, 6.45) is 4.04. The highest BCUT2D eigenvalue weighted by molar-refractivity contribution is 5.94. The first-order valence-corrected chi connectivity index (χ1v) is 10.9. The van der Waals surface area contributed by atoms with Gasteiger partial charge in [0.2, 0.25) is 0 Å². The Hall–Kier alpha value is -3.15. The smallest absolute Gasteiger partial charge is 0.263 e. The van der Waals surface area contributed by atoms with E-state index in [-0.39, 0.29) is 12.5 Å². The van der Waals surface area contributed by atoms with Crippen LogP contribution in [0.25, 0.3) is 27.9 Å². The second-order valence-corrected chi connectivity index (χ2v) is 8.55. The molecule has 4 aromatic heterocycles. The Balaban J connectivity index is 1.46. The molecule has 0 radical (unpaired) electrons. The number of aliphatic hydroxyl groups excluding tert-OH is 1. The van der Waals surface area contributed by atoms with Crippen molar-refractivity contribution in [1.82, 2.24) is 29.5 Å². The molecule has 9 nitrogen and oxygen atoms in total. The quantitative estimate of drug-likeness (QED) is 0.384. The van der Waals surface area contributed by atoms with Crippen LogP contribution in [0.15, 0.2) is 36.8 Å². The minimum atomic E-state index is -2.82. The van der Waals surface area contributed by atoms with Gasteiger partial charge in [-0.2, -0.15) is 9.61 Å². The number of anilines is 1. The first kappa shape index (κ1) is 20.5. The van der Waals surface area contributed by atoms with Gasteiger partial charge in [0.05, 0.1) is 42.8 Å². The number of rotatable bonds is 6. The van der Waals surface area contributed by atoms with Crippen molar-refractivity contribution in [2.75, 3.05) is 25.6 Å². The second kappa shape index (κ2) is 7.44. The Kier molecular flexibility index (Phi) is 4.61. The lowest BCUT2D eigenvalue weighted by molar-refractivity contribution is -0.119. The minimum Gasteiger partial charge on any atom is -0.377 e. The fourth-order valence-corrected chi connectivity index (χ4v) is 4.43. The van der Waals surface area contributed by atoms with Gasteiger partial charge in [-0.1, -0.05) is 0 Å². The summed E-state index contributed by atoms with van der Waals surface area (Å²) >= 11 is 0. The molecule has 1 aliphatic heterocycles. The highest BCUT2D eigenvalue weighted by Gasteiger charge is 2.49. The van der Waals surface area contributed by atoms with Crippen LogP contribution >= 0.6 is 0 Å². The van der Waals surface area contributed by atoms with E-state index < -0.39 is 18.2 Å². The standard InChI is InChI=1S/C22H23F2N7O2/c1-25-18-7-16(15-9-30(12-10-33-11-12)19-13(15)3-2-6-26-19)28-20-14(8-27-31(18)20)21(32)29-17-4-5-22(17,23)24/h2-3,6-9,12,17,21,25,29,32H,4-5,10-11H2,1H3/t17-,21?/m0/s1. The Morgan fingerprint density at radius 1 is 1.30 bits per heavy atom. The van der Waals surface area contributed by atoms with Gasteiger partial charge in [-0.25, -0.2) is 18.7 Å². The van der Waals surface area contributed by atoms with Crippen LogP contribution in [0.5, 0.6) is 0 Å². The Labute approximate surface area is 187 Å². The predicted octanol–water partition coefficient (Wildman–Crippen LogP) is 2.74. The van der Waals surface area contributed by atoms with Crippen LogP contribution in [0, 0.1) is 0 Å². The third-order valence-electron chi connectivity index (χ3n) is 6.56. The average molecular weight is 455 g/mol. The Bertz CT molecular complexity index is 1350. The third kappa shape index (κ3) is 3.18. The molecule has 3 N–H and O–H groups in total. The van der Waals surface area contributed by atoms with Crippen molar-refractivity contribution in [3.05, 3.63) is 42.4 Å². The largest absolute Gasteiger partial charge is 0.377 e. The van der Waals surface area contributed by atoms with E-state index in [1.54, 1.807) is 17.8 Å². The summed E-state index contributed by atoms with van der Waals surface area (Å²) in [5.74, 6) is -2.17. The van der Waals surface area contributed by atoms with Crippen LogP contribution < -0.4 is 10.6 Å². The summed E-state index contributed by atoms with van der Waals surface area (Å²) in [7, 11) is 1.76. The first-order chi connectivity index (χ1) is 16.0. The summed E-state index contributed by atoms with van der Waals surface area (Å²) in [6.45, 7) is 1.26. The molecule has 1 unspecified atom stereocenters. The van der Waals surface area contributed by atoms with E-state index in [0.717, 1.165) is 16.6 Å². The number of nitrogens with one attached hydrogen (secondary N) is 2. The van der Waals surface area contributed by atoms with E-state index in [4.69, 9.17) is 9.72 Å². The van der Waals surface area contributed by atoms with Crippen molar-refractivity contribution < 1.29 is 18.6 Å². The minimum absolute atomic E-state index is 0.178. The molecule has 4 aromatic rings. The zero-order chi connectivity index (χ0) is 22.7. The maximum absolute atomic E-state index is 13.7. The molecule has 1 saturated heterocycles. The van der Waals surface area contributed by atoms with Gasteiger partial charge in [-0.3, -0.25) is 5.32 Å². The van der Waals surface area contributed by atoms with Crippen LogP contribution in [0.4, 0.5) is 14.6 Å². The van der Waals surface area contributed by atoms with Crippen molar-refractivity contribution in [3.8, 4) is 11.3 Å². The van der Waals surface area contributed by atoms with Crippen LogP contribution in [-0.4, -0.2) is 61.5 Å². The molecule has 5 heterocycles. The summed E-state index contributed by atoms with van der Waals surface area (Å²) in [5, 5.41) is 21.7. The second-order valence-electron chi connectivity index (χ2n) is 8.55. The van der Waals surface area contributed by atoms with Crippen LogP contribution in [0.3, 0.4) is 0 Å². The Morgan fingerprint density at radius 3 is 2.82 bits per heavy atom. The molecule has 1 saturated carbocycles. The molecule has 1 aliphatic carbocycles. The normalized spacial score (nSPS) is 21.2. The van der Waals surface area contributed by atoms with E-state index in [1.807, 2.05) is 24.4 Å². The van der Waals surface area contributed by atoms with Gasteiger partial charge in [-0.15, -0.1) is 0 Å². The molecular formula is C22H23F2N7O2. The van der Waals surface area contributed by atoms with Crippen molar-refractivity contribution in [1.29, 1.82) is 0 Å². The number of alkyl halides is 2. The number of fused-ring (bicyclic) bond motifs is 2. The van der Waals surface area contributed by atoms with Crippen LogP contribution in [0.2, 0.25) is 0 Å². The number of hydrogen-bond donors (Lipinski definition) is 3. The predicted molar refractivity (Wildman–Crippen MR) is 117 cm³/mol. The maximum atomic E-state index is 13.7. The first-order valence-electron chi connectivity index (χ1n) is 10.9. The molecule has 0 bridgehead atoms. The number of ether oxygens (including phenoxy) is 1. The molecule has 0 aromatic carbocycles. The SMILES string of the molecule is CNc1cc(-c2cn(C3COC3)c3ncccc23)nc2c(C(O)N[C@H]3CCC3(F)F)cnn12. The molecule has 33 heavy (non-hydrogen) atoms. The fraction of sp³-hybridized carbons (Fsp3) is 0.409. The number of aliphatic hydroxyl groups is 1. The van der Waals surface area contributed by atoms with E-state index in [2.05, 4.69) is 25.3 Å². The van der Waals surface area contributed by atoms with Gasteiger partial charge in [-0.05, 0) is 18.6 Å². The van der Waals surface area contributed by atoms with Gasteiger partial charge in [0.15, 0.2) is 5.65 Å². The summed E-state index contributed by atoms with van der Waals surface area (Å²) in [4.78, 5) is 9.35. The summed E-state index contributed by atoms with van der Waals surface area (Å²) < 4.78 is 36.5. The number of hydrogen-bond acceptors (Lipinski definition) is 7. The number of pyridine rings is 1. The molecule has 2 fully saturated rings. The van der Waals surface area contributed by atoms with E-state index in [0.29, 0.717) is 42.4 Å². The molecular weight excluding hydrogens is 432 g/mol. The summed E-state index contributed by atoms with van der Waals surface area (Å²) in [6, 6.07) is 4.88. The van der Waals surface area contributed by atoms with Crippen LogP contribution in [0.1, 0.15) is 30.7 Å². The van der Waals surface area contributed by atoms with Crippen molar-refractivity contribution in [3.63, 3.8) is 0 Å². The number of aromatic nitrogens is 5. The fourth-order valence-electron chi connectivity index (χ4n) is 4.43. The maximum Gasteiger partial charge on any atom is 0.263 e. The van der Waals surface area contributed by atoms with Gasteiger partial charge < -0.3 is 19.7 Å². The molecule has 2 atom stereocenters. The van der Waals surface area contributed by atoms with Crippen molar-refractivity contribution in [2.45, 2.75) is 37.1 Å². The molecule has 6 rings (SSSR count). The third-order valence-corrected chi connectivity index (χ3v) is 6.56. The van der Waals surface area contributed by atoms with Gasteiger partial charge in [0.1, 0.15) is 17.7 Å². The van der Waals surface area contributed by atoms with Crippen LogP contribution in [-0.2, 0) is 4.74 Å². The van der Waals surface area contributed by atoms with Crippen molar-refractivity contribution >= 4 is 22.5 Å². The van der Waals surface area contributed by atoms with Gasteiger partial charge in [0, 0.05) is 42.9 Å². The monoisotopic (exact) mass is 455 g/mol. The zero-order valence-electron chi connectivity index (χ0n) is 17.9. The Morgan fingerprint density at radius 2 is 2.15 bits per heavy atom. The van der Waals surface area contributed by atoms with E-state index in [9.17, 15) is 13.9 Å².